The van der Waals surface area contributed by atoms with Gasteiger partial charge in [-0.2, -0.15) is 0 Å². The Kier molecular flexibility index (Phi) is 13.6. The van der Waals surface area contributed by atoms with Crippen molar-refractivity contribution in [3.8, 4) is 0 Å². The molecule has 1 saturated heterocycles. The van der Waals surface area contributed by atoms with Crippen LogP contribution in [0.15, 0.2) is 12.2 Å². The SMILES string of the molecule is C=C1CC([C@H](O)C(=O)N[C@H](CCC[C@@H](CC)C(O)C[C@@H](COC)OC)OC)OC(C)[C@@H]1C. The fourth-order valence-electron chi connectivity index (χ4n) is 4.18. The van der Waals surface area contributed by atoms with Crippen molar-refractivity contribution in [2.24, 2.45) is 11.8 Å². The number of aliphatic hydroxyl groups is 2. The summed E-state index contributed by atoms with van der Waals surface area (Å²) in [6.07, 6.45) is 0.820. The minimum Gasteiger partial charge on any atom is -0.393 e. The molecule has 0 bridgehead atoms. The quantitative estimate of drug-likeness (QED) is 0.255. The van der Waals surface area contributed by atoms with Crippen molar-refractivity contribution in [2.45, 2.75) is 96.0 Å². The number of hydrogen-bond donors (Lipinski definition) is 3. The Bertz CT molecular complexity index is 558. The third-order valence-corrected chi connectivity index (χ3v) is 6.71. The van der Waals surface area contributed by atoms with E-state index in [0.717, 1.165) is 24.8 Å². The van der Waals surface area contributed by atoms with Crippen molar-refractivity contribution in [1.82, 2.24) is 5.32 Å². The van der Waals surface area contributed by atoms with Gasteiger partial charge in [0.05, 0.1) is 31.0 Å². The van der Waals surface area contributed by atoms with Crippen molar-refractivity contribution in [3.63, 3.8) is 0 Å². The van der Waals surface area contributed by atoms with Gasteiger partial charge in [-0.25, -0.2) is 0 Å². The van der Waals surface area contributed by atoms with Crippen LogP contribution < -0.4 is 5.32 Å². The lowest BCUT2D eigenvalue weighted by Gasteiger charge is -2.36. The third kappa shape index (κ3) is 9.08. The van der Waals surface area contributed by atoms with E-state index in [9.17, 15) is 15.0 Å². The maximum atomic E-state index is 12.6. The Morgan fingerprint density at radius 2 is 1.91 bits per heavy atom. The highest BCUT2D eigenvalue weighted by Gasteiger charge is 2.36. The van der Waals surface area contributed by atoms with Gasteiger partial charge in [0.15, 0.2) is 6.10 Å². The summed E-state index contributed by atoms with van der Waals surface area (Å²) in [6, 6.07) is 0. The van der Waals surface area contributed by atoms with Crippen LogP contribution in [0.25, 0.3) is 0 Å². The van der Waals surface area contributed by atoms with Gasteiger partial charge in [0.1, 0.15) is 6.23 Å². The van der Waals surface area contributed by atoms with Crippen LogP contribution in [0.2, 0.25) is 0 Å². The first kappa shape index (κ1) is 29.0. The lowest BCUT2D eigenvalue weighted by molar-refractivity contribution is -0.150. The monoisotopic (exact) mass is 459 g/mol. The van der Waals surface area contributed by atoms with Gasteiger partial charge < -0.3 is 34.5 Å². The molecular formula is C24H45NO7. The molecule has 0 aromatic heterocycles. The average molecular weight is 460 g/mol. The summed E-state index contributed by atoms with van der Waals surface area (Å²) in [5.41, 5.74) is 0.981. The third-order valence-electron chi connectivity index (χ3n) is 6.71. The Morgan fingerprint density at radius 3 is 2.44 bits per heavy atom. The van der Waals surface area contributed by atoms with Crippen molar-refractivity contribution in [2.75, 3.05) is 27.9 Å². The predicted molar refractivity (Wildman–Crippen MR) is 123 cm³/mol. The molecule has 0 radical (unpaired) electrons. The molecular weight excluding hydrogens is 414 g/mol. The zero-order valence-corrected chi connectivity index (χ0v) is 20.7. The van der Waals surface area contributed by atoms with Gasteiger partial charge in [-0.05, 0) is 38.5 Å². The smallest absolute Gasteiger partial charge is 0.253 e. The van der Waals surface area contributed by atoms with Crippen molar-refractivity contribution < 1.29 is 34.0 Å². The van der Waals surface area contributed by atoms with E-state index in [1.54, 1.807) is 14.2 Å². The first-order chi connectivity index (χ1) is 15.2. The van der Waals surface area contributed by atoms with E-state index in [-0.39, 0.29) is 24.0 Å². The van der Waals surface area contributed by atoms with Crippen LogP contribution in [0.1, 0.15) is 59.3 Å². The Labute approximate surface area is 193 Å². The molecule has 1 fully saturated rings. The summed E-state index contributed by atoms with van der Waals surface area (Å²) in [6.45, 7) is 10.5. The summed E-state index contributed by atoms with van der Waals surface area (Å²) >= 11 is 0. The largest absolute Gasteiger partial charge is 0.393 e. The van der Waals surface area contributed by atoms with Crippen LogP contribution in [0.4, 0.5) is 0 Å². The maximum absolute atomic E-state index is 12.6. The molecule has 0 saturated carbocycles. The van der Waals surface area contributed by atoms with Crippen LogP contribution >= 0.6 is 0 Å². The van der Waals surface area contributed by atoms with E-state index in [1.807, 2.05) is 13.8 Å². The summed E-state index contributed by atoms with van der Waals surface area (Å²) in [5.74, 6) is -0.192. The average Bonchev–Trinajstić information content (AvgIpc) is 2.77. The molecule has 0 spiro atoms. The molecule has 8 atom stereocenters. The van der Waals surface area contributed by atoms with Gasteiger partial charge in [0, 0.05) is 33.7 Å². The molecule has 3 unspecified atom stereocenters. The second kappa shape index (κ2) is 15.0. The Balaban J connectivity index is 2.50. The number of aliphatic hydroxyl groups excluding tert-OH is 2. The van der Waals surface area contributed by atoms with Crippen LogP contribution in [0, 0.1) is 11.8 Å². The first-order valence-electron chi connectivity index (χ1n) is 11.7. The molecule has 8 nitrogen and oxygen atoms in total. The van der Waals surface area contributed by atoms with Gasteiger partial charge in [-0.15, -0.1) is 0 Å². The standard InChI is InChI=1S/C24H45NO7/c1-8-18(20(26)13-19(30-6)14-29-5)10-9-11-22(31-7)25-24(28)23(27)21-12-15(2)16(3)17(4)32-21/h16-23,26-27H,2,8-14H2,1,3-7H3,(H,25,28)/t16-,17?,18-,19+,20?,21?,22+,23+/m1/s1. The number of ether oxygens (including phenoxy) is 4. The molecule has 32 heavy (non-hydrogen) atoms. The summed E-state index contributed by atoms with van der Waals surface area (Å²) < 4.78 is 21.7. The van der Waals surface area contributed by atoms with Gasteiger partial charge >= 0.3 is 0 Å². The highest BCUT2D eigenvalue weighted by Crippen LogP contribution is 2.30. The number of hydrogen-bond acceptors (Lipinski definition) is 7. The molecule has 188 valence electrons. The lowest BCUT2D eigenvalue weighted by atomic mass is 9.88. The van der Waals surface area contributed by atoms with Crippen LogP contribution in [-0.2, 0) is 23.7 Å². The van der Waals surface area contributed by atoms with Crippen molar-refractivity contribution in [1.29, 1.82) is 0 Å². The normalized spacial score (nSPS) is 26.2. The molecule has 1 amide bonds. The zero-order valence-electron chi connectivity index (χ0n) is 20.7. The lowest BCUT2D eigenvalue weighted by Crippen LogP contribution is -2.50. The summed E-state index contributed by atoms with van der Waals surface area (Å²) in [5, 5.41) is 23.9. The van der Waals surface area contributed by atoms with Gasteiger partial charge in [-0.1, -0.05) is 32.4 Å². The van der Waals surface area contributed by atoms with Crippen LogP contribution in [0.5, 0.6) is 0 Å². The molecule has 1 heterocycles. The highest BCUT2D eigenvalue weighted by atomic mass is 16.5. The number of carbonyl (C=O) groups excluding carboxylic acids is 1. The number of amides is 1. The summed E-state index contributed by atoms with van der Waals surface area (Å²) in [4.78, 5) is 12.6. The van der Waals surface area contributed by atoms with Crippen LogP contribution in [-0.4, -0.2) is 80.8 Å². The molecule has 0 aromatic rings. The Morgan fingerprint density at radius 1 is 1.22 bits per heavy atom. The number of carbonyl (C=O) groups is 1. The molecule has 1 aliphatic rings. The fraction of sp³-hybridized carbons (Fsp3) is 0.875. The zero-order chi connectivity index (χ0) is 24.3. The maximum Gasteiger partial charge on any atom is 0.253 e. The molecule has 8 heteroatoms. The predicted octanol–water partition coefficient (Wildman–Crippen LogP) is 2.41. The number of nitrogens with one attached hydrogen (secondary N) is 1. The van der Waals surface area contributed by atoms with E-state index in [1.165, 1.54) is 7.11 Å². The Hall–Kier alpha value is -1.03. The molecule has 0 aromatic carbocycles. The highest BCUT2D eigenvalue weighted by molar-refractivity contribution is 5.81. The van der Waals surface area contributed by atoms with Crippen molar-refractivity contribution in [3.05, 3.63) is 12.2 Å². The van der Waals surface area contributed by atoms with Gasteiger partial charge in [0.25, 0.3) is 5.91 Å². The molecule has 1 rings (SSSR count). The van der Waals surface area contributed by atoms with Crippen LogP contribution in [0.3, 0.4) is 0 Å². The minimum absolute atomic E-state index is 0.0964. The topological polar surface area (TPSA) is 106 Å². The second-order valence-electron chi connectivity index (χ2n) is 8.92. The van der Waals surface area contributed by atoms with E-state index < -0.39 is 30.4 Å². The summed E-state index contributed by atoms with van der Waals surface area (Å²) in [7, 11) is 4.76. The fourth-order valence-corrected chi connectivity index (χ4v) is 4.18. The van der Waals surface area contributed by atoms with E-state index in [0.29, 0.717) is 25.9 Å². The molecule has 3 N–H and O–H groups in total. The minimum atomic E-state index is -1.28. The first-order valence-corrected chi connectivity index (χ1v) is 11.7. The van der Waals surface area contributed by atoms with Gasteiger partial charge in [0.2, 0.25) is 0 Å². The van der Waals surface area contributed by atoms with Crippen molar-refractivity contribution >= 4 is 5.91 Å². The van der Waals surface area contributed by atoms with E-state index >= 15 is 0 Å². The number of rotatable bonds is 15. The van der Waals surface area contributed by atoms with E-state index in [4.69, 9.17) is 18.9 Å². The second-order valence-corrected chi connectivity index (χ2v) is 8.92. The molecule has 1 aliphatic heterocycles. The number of methoxy groups -OCH3 is 3. The van der Waals surface area contributed by atoms with Gasteiger partial charge in [-0.3, -0.25) is 4.79 Å². The van der Waals surface area contributed by atoms with E-state index in [2.05, 4.69) is 18.8 Å². The molecule has 0 aliphatic carbocycles.